The van der Waals surface area contributed by atoms with Crippen molar-refractivity contribution in [2.75, 3.05) is 0 Å². The molecular formula is C16H27Cl2NOSi. The molecule has 0 N–H and O–H groups in total. The number of alkyl halides is 1. The van der Waals surface area contributed by atoms with Crippen LogP contribution in [0, 0.1) is 0 Å². The van der Waals surface area contributed by atoms with Crippen LogP contribution < -0.4 is 0 Å². The maximum absolute atomic E-state index is 6.58. The van der Waals surface area contributed by atoms with Crippen LogP contribution in [0.3, 0.4) is 0 Å². The normalized spacial score (nSPS) is 12.7. The molecule has 0 unspecified atom stereocenters. The lowest BCUT2D eigenvalue weighted by molar-refractivity contribution is 0.264. The number of hydrogen-bond acceptors (Lipinski definition) is 2. The van der Waals surface area contributed by atoms with E-state index in [0.717, 1.165) is 11.3 Å². The second kappa shape index (κ2) is 7.96. The summed E-state index contributed by atoms with van der Waals surface area (Å²) < 4.78 is 6.58. The Kier molecular flexibility index (Phi) is 7.18. The van der Waals surface area contributed by atoms with E-state index in [1.807, 2.05) is 6.07 Å². The Hall–Kier alpha value is -0.0931. The third-order valence-corrected chi connectivity index (χ3v) is 10.9. The zero-order valence-electron chi connectivity index (χ0n) is 13.9. The van der Waals surface area contributed by atoms with Gasteiger partial charge in [-0.3, -0.25) is 4.98 Å². The monoisotopic (exact) mass is 347 g/mol. The number of halogens is 2. The summed E-state index contributed by atoms with van der Waals surface area (Å²) in [5, 5.41) is 0.633. The van der Waals surface area contributed by atoms with Gasteiger partial charge in [0.1, 0.15) is 0 Å². The van der Waals surface area contributed by atoms with E-state index < -0.39 is 8.32 Å². The first-order valence-electron chi connectivity index (χ1n) is 7.58. The van der Waals surface area contributed by atoms with Gasteiger partial charge >= 0.3 is 0 Å². The third-order valence-electron chi connectivity index (χ3n) is 4.34. The van der Waals surface area contributed by atoms with Gasteiger partial charge in [-0.1, -0.05) is 53.1 Å². The molecule has 1 aromatic rings. The summed E-state index contributed by atoms with van der Waals surface area (Å²) in [6.45, 7) is 14.2. The lowest BCUT2D eigenvalue weighted by Crippen LogP contribution is -2.47. The van der Waals surface area contributed by atoms with Crippen molar-refractivity contribution < 1.29 is 4.43 Å². The number of pyridine rings is 1. The maximum Gasteiger partial charge on any atom is 0.200 e. The van der Waals surface area contributed by atoms with Gasteiger partial charge in [0.25, 0.3) is 0 Å². The fourth-order valence-electron chi connectivity index (χ4n) is 3.46. The van der Waals surface area contributed by atoms with Gasteiger partial charge in [0.15, 0.2) is 0 Å². The Labute approximate surface area is 140 Å². The lowest BCUT2D eigenvalue weighted by atomic mass is 10.2. The second-order valence-electron chi connectivity index (χ2n) is 6.50. The van der Waals surface area contributed by atoms with Crippen LogP contribution in [0.4, 0.5) is 0 Å². The van der Waals surface area contributed by atoms with Gasteiger partial charge < -0.3 is 4.43 Å². The molecule has 0 bridgehead atoms. The fraction of sp³-hybridized carbons (Fsp3) is 0.688. The minimum atomic E-state index is -1.88. The summed E-state index contributed by atoms with van der Waals surface area (Å²) >= 11 is 12.0. The molecule has 120 valence electrons. The Morgan fingerprint density at radius 3 is 2.05 bits per heavy atom. The Balaban J connectivity index is 3.05. The predicted octanol–water partition coefficient (Wildman–Crippen LogP) is 6.17. The van der Waals surface area contributed by atoms with E-state index in [4.69, 9.17) is 27.6 Å². The predicted molar refractivity (Wildman–Crippen MR) is 94.6 cm³/mol. The second-order valence-corrected chi connectivity index (χ2v) is 12.7. The molecule has 5 heteroatoms. The quantitative estimate of drug-likeness (QED) is 0.434. The SMILES string of the molecule is CC(C)[Si](OCc1cc(Cl)cnc1CCl)(C(C)C)C(C)C. The molecule has 0 spiro atoms. The molecule has 2 nitrogen and oxygen atoms in total. The van der Waals surface area contributed by atoms with Crippen LogP contribution in [0.15, 0.2) is 12.3 Å². The van der Waals surface area contributed by atoms with Crippen molar-refractivity contribution in [1.82, 2.24) is 4.98 Å². The Bertz CT molecular complexity index is 442. The molecule has 21 heavy (non-hydrogen) atoms. The Morgan fingerprint density at radius 1 is 1.10 bits per heavy atom. The van der Waals surface area contributed by atoms with Crippen LogP contribution >= 0.6 is 23.2 Å². The number of aromatic nitrogens is 1. The zero-order chi connectivity index (χ0) is 16.2. The molecule has 0 radical (unpaired) electrons. The average Bonchev–Trinajstić information content (AvgIpc) is 2.38. The van der Waals surface area contributed by atoms with Crippen LogP contribution in [0.2, 0.25) is 21.6 Å². The molecule has 0 fully saturated rings. The average molecular weight is 348 g/mol. The van der Waals surface area contributed by atoms with Gasteiger partial charge in [-0.05, 0) is 22.7 Å². The summed E-state index contributed by atoms with van der Waals surface area (Å²) in [6, 6.07) is 1.92. The van der Waals surface area contributed by atoms with Crippen molar-refractivity contribution in [1.29, 1.82) is 0 Å². The molecule has 0 saturated carbocycles. The van der Waals surface area contributed by atoms with Crippen LogP contribution in [-0.2, 0) is 16.9 Å². The summed E-state index contributed by atoms with van der Waals surface area (Å²) in [5.74, 6) is 0.384. The van der Waals surface area contributed by atoms with Crippen LogP contribution in [0.25, 0.3) is 0 Å². The molecule has 0 atom stereocenters. The van der Waals surface area contributed by atoms with Crippen LogP contribution in [0.1, 0.15) is 52.8 Å². The molecular weight excluding hydrogens is 321 g/mol. The zero-order valence-corrected chi connectivity index (χ0v) is 16.4. The van der Waals surface area contributed by atoms with E-state index in [1.165, 1.54) is 0 Å². The number of nitrogens with zero attached hydrogens (tertiary/aromatic N) is 1. The number of rotatable bonds is 7. The van der Waals surface area contributed by atoms with Crippen molar-refractivity contribution in [3.05, 3.63) is 28.5 Å². The van der Waals surface area contributed by atoms with Gasteiger partial charge in [0.05, 0.1) is 23.2 Å². The van der Waals surface area contributed by atoms with Gasteiger partial charge in [0, 0.05) is 11.8 Å². The van der Waals surface area contributed by atoms with Gasteiger partial charge in [0.2, 0.25) is 8.32 Å². The van der Waals surface area contributed by atoms with Crippen LogP contribution in [-0.4, -0.2) is 13.3 Å². The summed E-state index contributed by atoms with van der Waals surface area (Å²) in [5.41, 5.74) is 3.55. The van der Waals surface area contributed by atoms with E-state index >= 15 is 0 Å². The molecule has 0 aliphatic rings. The van der Waals surface area contributed by atoms with E-state index in [9.17, 15) is 0 Å². The maximum atomic E-state index is 6.58. The molecule has 0 amide bonds. The highest BCUT2D eigenvalue weighted by molar-refractivity contribution is 6.77. The molecule has 1 heterocycles. The minimum Gasteiger partial charge on any atom is -0.412 e. The summed E-state index contributed by atoms with van der Waals surface area (Å²) in [6.07, 6.45) is 1.64. The smallest absolute Gasteiger partial charge is 0.200 e. The fourth-order valence-corrected chi connectivity index (χ4v) is 9.28. The third kappa shape index (κ3) is 4.22. The van der Waals surface area contributed by atoms with E-state index in [-0.39, 0.29) is 0 Å². The van der Waals surface area contributed by atoms with Gasteiger partial charge in [-0.2, -0.15) is 0 Å². The highest BCUT2D eigenvalue weighted by atomic mass is 35.5. The van der Waals surface area contributed by atoms with Crippen molar-refractivity contribution >= 4 is 31.5 Å². The molecule has 1 aromatic heterocycles. The molecule has 0 aliphatic carbocycles. The lowest BCUT2D eigenvalue weighted by Gasteiger charge is -2.42. The molecule has 0 aliphatic heterocycles. The van der Waals surface area contributed by atoms with E-state index in [0.29, 0.717) is 34.1 Å². The van der Waals surface area contributed by atoms with Gasteiger partial charge in [-0.15, -0.1) is 11.6 Å². The summed E-state index contributed by atoms with van der Waals surface area (Å²) in [4.78, 5) is 4.30. The van der Waals surface area contributed by atoms with Crippen molar-refractivity contribution in [3.63, 3.8) is 0 Å². The van der Waals surface area contributed by atoms with Crippen LogP contribution in [0.5, 0.6) is 0 Å². The standard InChI is InChI=1S/C16H27Cl2NOSi/c1-11(2)21(12(3)4,13(5)6)20-10-14-7-15(18)9-19-16(14)8-17/h7,9,11-13H,8,10H2,1-6H3. The van der Waals surface area contributed by atoms with E-state index in [2.05, 4.69) is 46.5 Å². The number of hydrogen-bond donors (Lipinski definition) is 0. The molecule has 1 rings (SSSR count). The first-order chi connectivity index (χ1) is 9.75. The largest absolute Gasteiger partial charge is 0.412 e. The van der Waals surface area contributed by atoms with Gasteiger partial charge in [-0.25, -0.2) is 0 Å². The van der Waals surface area contributed by atoms with Crippen molar-refractivity contribution in [3.8, 4) is 0 Å². The molecule has 0 aromatic carbocycles. The highest BCUT2D eigenvalue weighted by Crippen LogP contribution is 2.42. The van der Waals surface area contributed by atoms with Crippen molar-refractivity contribution in [2.24, 2.45) is 0 Å². The topological polar surface area (TPSA) is 22.1 Å². The van der Waals surface area contributed by atoms with E-state index in [1.54, 1.807) is 6.20 Å². The summed E-state index contributed by atoms with van der Waals surface area (Å²) in [7, 11) is -1.88. The first kappa shape index (κ1) is 19.0. The first-order valence-corrected chi connectivity index (χ1v) is 10.6. The highest BCUT2D eigenvalue weighted by Gasteiger charge is 2.45. The van der Waals surface area contributed by atoms with Crippen molar-refractivity contribution in [2.45, 2.75) is 70.7 Å². The Morgan fingerprint density at radius 2 is 1.62 bits per heavy atom. The molecule has 0 saturated heterocycles. The minimum absolute atomic E-state index is 0.384.